The van der Waals surface area contributed by atoms with E-state index in [4.69, 9.17) is 10.8 Å². The summed E-state index contributed by atoms with van der Waals surface area (Å²) in [6, 6.07) is -1.48. The van der Waals surface area contributed by atoms with E-state index in [0.29, 0.717) is 6.42 Å². The lowest BCUT2D eigenvalue weighted by Crippen LogP contribution is -2.50. The van der Waals surface area contributed by atoms with Crippen LogP contribution in [0.1, 0.15) is 33.6 Å². The molecule has 0 fully saturated rings. The van der Waals surface area contributed by atoms with Gasteiger partial charge in [-0.25, -0.2) is 4.79 Å². The highest BCUT2D eigenvalue weighted by Gasteiger charge is 2.25. The van der Waals surface area contributed by atoms with E-state index in [9.17, 15) is 9.59 Å². The summed E-state index contributed by atoms with van der Waals surface area (Å²) in [6.45, 7) is 5.40. The SMILES string of the molecule is CCCC(N)C(=O)NC(C(=O)O)C(C)C. The number of carboxylic acid groups (broad SMARTS) is 1. The van der Waals surface area contributed by atoms with E-state index in [1.165, 1.54) is 0 Å². The van der Waals surface area contributed by atoms with Crippen molar-refractivity contribution >= 4 is 11.9 Å². The first kappa shape index (κ1) is 13.9. The van der Waals surface area contributed by atoms with Crippen LogP contribution < -0.4 is 11.1 Å². The van der Waals surface area contributed by atoms with Gasteiger partial charge in [0, 0.05) is 0 Å². The molecule has 0 aliphatic carbocycles. The minimum absolute atomic E-state index is 0.153. The van der Waals surface area contributed by atoms with Crippen molar-refractivity contribution in [1.82, 2.24) is 5.32 Å². The van der Waals surface area contributed by atoms with Gasteiger partial charge in [-0.2, -0.15) is 0 Å². The van der Waals surface area contributed by atoms with E-state index in [1.807, 2.05) is 6.92 Å². The van der Waals surface area contributed by atoms with E-state index in [2.05, 4.69) is 5.32 Å². The number of hydrogen-bond donors (Lipinski definition) is 3. The first-order chi connectivity index (χ1) is 6.90. The lowest BCUT2D eigenvalue weighted by atomic mass is 10.0. The molecule has 0 radical (unpaired) electrons. The van der Waals surface area contributed by atoms with Crippen molar-refractivity contribution < 1.29 is 14.7 Å². The molecule has 0 aromatic heterocycles. The van der Waals surface area contributed by atoms with Gasteiger partial charge in [-0.1, -0.05) is 27.2 Å². The Hall–Kier alpha value is -1.10. The number of carbonyl (C=O) groups excluding carboxylic acids is 1. The number of nitrogens with two attached hydrogens (primary N) is 1. The van der Waals surface area contributed by atoms with Crippen LogP contribution >= 0.6 is 0 Å². The second-order valence-electron chi connectivity index (χ2n) is 3.96. The van der Waals surface area contributed by atoms with Crippen molar-refractivity contribution in [3.8, 4) is 0 Å². The fourth-order valence-electron chi connectivity index (χ4n) is 1.22. The van der Waals surface area contributed by atoms with Gasteiger partial charge < -0.3 is 16.2 Å². The zero-order valence-electron chi connectivity index (χ0n) is 9.49. The van der Waals surface area contributed by atoms with Crippen LogP contribution in [-0.4, -0.2) is 29.1 Å². The third kappa shape index (κ3) is 4.78. The Labute approximate surface area is 90.0 Å². The summed E-state index contributed by atoms with van der Waals surface area (Å²) in [5, 5.41) is 11.3. The average Bonchev–Trinajstić information content (AvgIpc) is 2.12. The Bertz CT molecular complexity index is 229. The number of nitrogens with one attached hydrogen (secondary N) is 1. The molecule has 2 unspecified atom stereocenters. The summed E-state index contributed by atoms with van der Waals surface area (Å²) >= 11 is 0. The van der Waals surface area contributed by atoms with Crippen LogP contribution in [0.5, 0.6) is 0 Å². The highest BCUT2D eigenvalue weighted by molar-refractivity contribution is 5.86. The average molecular weight is 216 g/mol. The van der Waals surface area contributed by atoms with Gasteiger partial charge in [0.15, 0.2) is 0 Å². The Morgan fingerprint density at radius 2 is 1.93 bits per heavy atom. The second kappa shape index (κ2) is 6.40. The minimum atomic E-state index is -1.03. The Kier molecular flexibility index (Phi) is 5.93. The number of carbonyl (C=O) groups is 2. The maximum atomic E-state index is 11.5. The van der Waals surface area contributed by atoms with Crippen molar-refractivity contribution in [2.75, 3.05) is 0 Å². The summed E-state index contributed by atoms with van der Waals surface area (Å²) in [6.07, 6.45) is 1.37. The molecule has 15 heavy (non-hydrogen) atoms. The van der Waals surface area contributed by atoms with E-state index in [1.54, 1.807) is 13.8 Å². The van der Waals surface area contributed by atoms with Crippen molar-refractivity contribution in [2.24, 2.45) is 11.7 Å². The van der Waals surface area contributed by atoms with Crippen LogP contribution in [0.4, 0.5) is 0 Å². The summed E-state index contributed by atoms with van der Waals surface area (Å²) in [5.41, 5.74) is 5.57. The van der Waals surface area contributed by atoms with Gasteiger partial charge in [-0.3, -0.25) is 4.79 Å². The van der Waals surface area contributed by atoms with Crippen LogP contribution in [0.2, 0.25) is 0 Å². The lowest BCUT2D eigenvalue weighted by molar-refractivity contribution is -0.143. The molecule has 0 rings (SSSR count). The monoisotopic (exact) mass is 216 g/mol. The first-order valence-corrected chi connectivity index (χ1v) is 5.18. The normalized spacial score (nSPS) is 14.7. The number of aliphatic carboxylic acids is 1. The van der Waals surface area contributed by atoms with E-state index in [-0.39, 0.29) is 5.92 Å². The van der Waals surface area contributed by atoms with Gasteiger partial charge in [0.25, 0.3) is 0 Å². The molecule has 0 saturated heterocycles. The molecule has 0 aliphatic heterocycles. The first-order valence-electron chi connectivity index (χ1n) is 5.18. The molecule has 1 amide bonds. The molecule has 5 heteroatoms. The number of amides is 1. The van der Waals surface area contributed by atoms with Gasteiger partial charge >= 0.3 is 5.97 Å². The highest BCUT2D eigenvalue weighted by atomic mass is 16.4. The van der Waals surface area contributed by atoms with Crippen molar-refractivity contribution in [1.29, 1.82) is 0 Å². The maximum absolute atomic E-state index is 11.5. The maximum Gasteiger partial charge on any atom is 0.326 e. The lowest BCUT2D eigenvalue weighted by Gasteiger charge is -2.20. The van der Waals surface area contributed by atoms with Gasteiger partial charge in [0.2, 0.25) is 5.91 Å². The zero-order chi connectivity index (χ0) is 12.0. The fourth-order valence-corrected chi connectivity index (χ4v) is 1.22. The molecule has 0 aromatic rings. The van der Waals surface area contributed by atoms with E-state index >= 15 is 0 Å². The second-order valence-corrected chi connectivity index (χ2v) is 3.96. The standard InChI is InChI=1S/C10H20N2O3/c1-4-5-7(11)9(13)12-8(6(2)3)10(14)15/h6-8H,4-5,11H2,1-3H3,(H,12,13)(H,14,15). The number of rotatable bonds is 6. The molecule has 2 atom stereocenters. The molecule has 4 N–H and O–H groups in total. The van der Waals surface area contributed by atoms with Crippen LogP contribution in [0.3, 0.4) is 0 Å². The largest absolute Gasteiger partial charge is 0.480 e. The molecule has 0 heterocycles. The predicted molar refractivity (Wildman–Crippen MR) is 57.3 cm³/mol. The summed E-state index contributed by atoms with van der Waals surface area (Å²) < 4.78 is 0. The molecule has 88 valence electrons. The zero-order valence-corrected chi connectivity index (χ0v) is 9.49. The van der Waals surface area contributed by atoms with Crippen molar-refractivity contribution in [3.63, 3.8) is 0 Å². The van der Waals surface area contributed by atoms with Crippen LogP contribution in [0, 0.1) is 5.92 Å². The predicted octanol–water partition coefficient (Wildman–Crippen LogP) is 0.339. The summed E-state index contributed by atoms with van der Waals surface area (Å²) in [7, 11) is 0. The summed E-state index contributed by atoms with van der Waals surface area (Å²) in [5.74, 6) is -1.57. The molecular formula is C10H20N2O3. The van der Waals surface area contributed by atoms with Crippen molar-refractivity contribution in [2.45, 2.75) is 45.7 Å². The fraction of sp³-hybridized carbons (Fsp3) is 0.800. The highest BCUT2D eigenvalue weighted by Crippen LogP contribution is 2.03. The van der Waals surface area contributed by atoms with Crippen LogP contribution in [-0.2, 0) is 9.59 Å². The van der Waals surface area contributed by atoms with Gasteiger partial charge in [0.1, 0.15) is 6.04 Å². The molecule has 0 bridgehead atoms. The third-order valence-electron chi connectivity index (χ3n) is 2.17. The minimum Gasteiger partial charge on any atom is -0.480 e. The van der Waals surface area contributed by atoms with Crippen LogP contribution in [0.15, 0.2) is 0 Å². The third-order valence-corrected chi connectivity index (χ3v) is 2.17. The summed E-state index contributed by atoms with van der Waals surface area (Å²) in [4.78, 5) is 22.3. The molecule has 0 spiro atoms. The Balaban J connectivity index is 4.29. The molecular weight excluding hydrogens is 196 g/mol. The van der Waals surface area contributed by atoms with Gasteiger partial charge in [0.05, 0.1) is 6.04 Å². The van der Waals surface area contributed by atoms with Gasteiger partial charge in [-0.05, 0) is 12.3 Å². The topological polar surface area (TPSA) is 92.4 Å². The van der Waals surface area contributed by atoms with E-state index in [0.717, 1.165) is 6.42 Å². The Morgan fingerprint density at radius 1 is 1.40 bits per heavy atom. The smallest absolute Gasteiger partial charge is 0.326 e. The van der Waals surface area contributed by atoms with Crippen LogP contribution in [0.25, 0.3) is 0 Å². The molecule has 0 aromatic carbocycles. The molecule has 0 saturated carbocycles. The quantitative estimate of drug-likeness (QED) is 0.597. The molecule has 0 aliphatic rings. The Morgan fingerprint density at radius 3 is 2.27 bits per heavy atom. The van der Waals surface area contributed by atoms with Crippen molar-refractivity contribution in [3.05, 3.63) is 0 Å². The molecule has 5 nitrogen and oxygen atoms in total. The number of carboxylic acids is 1. The number of hydrogen-bond acceptors (Lipinski definition) is 3. The van der Waals surface area contributed by atoms with Gasteiger partial charge in [-0.15, -0.1) is 0 Å². The van der Waals surface area contributed by atoms with E-state index < -0.39 is 24.0 Å².